The molecular weight excluding hydrogens is 335 g/mol. The smallest absolute Gasteiger partial charge is 0.274 e. The van der Waals surface area contributed by atoms with Crippen molar-refractivity contribution in [1.82, 2.24) is 9.97 Å². The molecule has 0 saturated heterocycles. The van der Waals surface area contributed by atoms with E-state index in [0.29, 0.717) is 16.6 Å². The number of carbonyl (C=O) groups is 1. The molecule has 0 fully saturated rings. The van der Waals surface area contributed by atoms with E-state index in [1.165, 1.54) is 24.3 Å². The fraction of sp³-hybridized carbons (Fsp3) is 0.0667. The molecule has 3 N–H and O–H groups in total. The lowest BCUT2D eigenvalue weighted by molar-refractivity contribution is -0.385. The van der Waals surface area contributed by atoms with Crippen LogP contribution in [0.25, 0.3) is 11.0 Å². The summed E-state index contributed by atoms with van der Waals surface area (Å²) >= 11 is 4.95. The number of H-pyrrole nitrogens is 2. The van der Waals surface area contributed by atoms with Crippen LogP contribution in [0, 0.1) is 27.6 Å². The largest absolute Gasteiger partial charge is 0.331 e. The molecule has 0 unspecified atom stereocenters. The molecule has 3 aromatic rings. The van der Waals surface area contributed by atoms with Crippen LogP contribution >= 0.6 is 12.2 Å². The van der Waals surface area contributed by atoms with E-state index in [1.807, 2.05) is 0 Å². The number of amides is 1. The normalized spacial score (nSPS) is 10.8. The molecule has 0 spiro atoms. The van der Waals surface area contributed by atoms with Crippen molar-refractivity contribution in [3.05, 3.63) is 62.2 Å². The molecule has 9 heteroatoms. The Balaban J connectivity index is 2.00. The van der Waals surface area contributed by atoms with E-state index in [0.717, 1.165) is 6.07 Å². The zero-order valence-corrected chi connectivity index (χ0v) is 13.2. The number of nitro groups is 1. The first-order valence-electron chi connectivity index (χ1n) is 6.83. The number of hydrogen-bond donors (Lipinski definition) is 3. The van der Waals surface area contributed by atoms with Crippen LogP contribution < -0.4 is 5.32 Å². The second-order valence-electron chi connectivity index (χ2n) is 5.17. The van der Waals surface area contributed by atoms with Gasteiger partial charge in [-0.15, -0.1) is 0 Å². The Morgan fingerprint density at radius 3 is 2.75 bits per heavy atom. The molecular formula is C15H11FN4O3S. The molecule has 0 atom stereocenters. The van der Waals surface area contributed by atoms with Crippen molar-refractivity contribution in [1.29, 1.82) is 0 Å². The van der Waals surface area contributed by atoms with Crippen LogP contribution in [-0.2, 0) is 0 Å². The molecule has 7 nitrogen and oxygen atoms in total. The molecule has 0 bridgehead atoms. The van der Waals surface area contributed by atoms with E-state index in [-0.39, 0.29) is 21.7 Å². The Kier molecular flexibility index (Phi) is 3.86. The van der Waals surface area contributed by atoms with Crippen molar-refractivity contribution < 1.29 is 14.1 Å². The first kappa shape index (κ1) is 15.8. The Morgan fingerprint density at radius 1 is 1.29 bits per heavy atom. The van der Waals surface area contributed by atoms with Gasteiger partial charge in [-0.3, -0.25) is 14.9 Å². The number of anilines is 1. The lowest BCUT2D eigenvalue weighted by Gasteiger charge is -2.07. The first-order valence-corrected chi connectivity index (χ1v) is 7.24. The van der Waals surface area contributed by atoms with Gasteiger partial charge in [0.25, 0.3) is 11.6 Å². The molecule has 0 aliphatic carbocycles. The summed E-state index contributed by atoms with van der Waals surface area (Å²) in [5, 5.41) is 13.5. The van der Waals surface area contributed by atoms with Gasteiger partial charge in [-0.1, -0.05) is 6.07 Å². The maximum atomic E-state index is 13.7. The molecule has 0 saturated carbocycles. The third kappa shape index (κ3) is 2.88. The van der Waals surface area contributed by atoms with Gasteiger partial charge < -0.3 is 15.3 Å². The predicted molar refractivity (Wildman–Crippen MR) is 89.2 cm³/mol. The topological polar surface area (TPSA) is 104 Å². The van der Waals surface area contributed by atoms with Crippen LogP contribution in [0.15, 0.2) is 30.3 Å². The average Bonchev–Trinajstić information content (AvgIpc) is 2.87. The lowest BCUT2D eigenvalue weighted by atomic mass is 10.1. The summed E-state index contributed by atoms with van der Waals surface area (Å²) < 4.78 is 14.0. The highest BCUT2D eigenvalue weighted by Gasteiger charge is 2.16. The Hall–Kier alpha value is -3.07. The number of rotatable bonds is 3. The Bertz CT molecular complexity index is 1040. The highest BCUT2D eigenvalue weighted by molar-refractivity contribution is 7.71. The number of benzene rings is 2. The van der Waals surface area contributed by atoms with Crippen LogP contribution in [0.3, 0.4) is 0 Å². The van der Waals surface area contributed by atoms with Crippen molar-refractivity contribution >= 4 is 40.5 Å². The summed E-state index contributed by atoms with van der Waals surface area (Å²) in [7, 11) is 0. The number of halogens is 1. The zero-order chi connectivity index (χ0) is 17.4. The van der Waals surface area contributed by atoms with E-state index in [2.05, 4.69) is 15.3 Å². The number of nitro benzene ring substituents is 1. The Morgan fingerprint density at radius 2 is 2.04 bits per heavy atom. The number of aromatic nitrogens is 2. The Labute approximate surface area is 139 Å². The molecule has 1 aromatic heterocycles. The number of carbonyl (C=O) groups excluding carboxylic acids is 1. The third-order valence-electron chi connectivity index (χ3n) is 3.50. The van der Waals surface area contributed by atoms with Crippen molar-refractivity contribution in [2.75, 3.05) is 5.32 Å². The number of fused-ring (bicyclic) bond motifs is 1. The van der Waals surface area contributed by atoms with Crippen molar-refractivity contribution in [3.63, 3.8) is 0 Å². The minimum absolute atomic E-state index is 0.0422. The summed E-state index contributed by atoms with van der Waals surface area (Å²) in [6.07, 6.45) is 0. The van der Waals surface area contributed by atoms with Gasteiger partial charge in [-0.05, 0) is 37.3 Å². The third-order valence-corrected chi connectivity index (χ3v) is 3.70. The fourth-order valence-electron chi connectivity index (χ4n) is 2.37. The van der Waals surface area contributed by atoms with Gasteiger partial charge in [0.15, 0.2) is 4.77 Å². The highest BCUT2D eigenvalue weighted by atomic mass is 32.1. The van der Waals surface area contributed by atoms with Crippen LogP contribution in [0.5, 0.6) is 0 Å². The van der Waals surface area contributed by atoms with Gasteiger partial charge in [-0.2, -0.15) is 0 Å². The van der Waals surface area contributed by atoms with E-state index in [4.69, 9.17) is 12.2 Å². The number of hydrogen-bond acceptors (Lipinski definition) is 4. The standard InChI is InChI=1S/C15H11FN4O3S/c1-7-2-3-9(6-12(7)20(22)23)17-14(21)10-4-8(16)5-11-13(10)19-15(24)18-11/h2-6H,1H3,(H,17,21)(H2,18,19,24). The second-order valence-corrected chi connectivity index (χ2v) is 5.58. The number of imidazole rings is 1. The second kappa shape index (κ2) is 5.85. The minimum atomic E-state index is -0.608. The molecule has 0 aliphatic rings. The number of aryl methyl sites for hydroxylation is 1. The highest BCUT2D eigenvalue weighted by Crippen LogP contribution is 2.24. The maximum absolute atomic E-state index is 13.7. The monoisotopic (exact) mass is 346 g/mol. The molecule has 0 radical (unpaired) electrons. The maximum Gasteiger partial charge on any atom is 0.274 e. The number of nitrogens with zero attached hydrogens (tertiary/aromatic N) is 1. The van der Waals surface area contributed by atoms with E-state index < -0.39 is 16.6 Å². The van der Waals surface area contributed by atoms with Gasteiger partial charge in [0.1, 0.15) is 5.82 Å². The van der Waals surface area contributed by atoms with Gasteiger partial charge in [0.2, 0.25) is 0 Å². The SMILES string of the molecule is Cc1ccc(NC(=O)c2cc(F)cc3[nH]c(=S)[nH]c23)cc1[N+](=O)[O-]. The first-order chi connectivity index (χ1) is 11.3. The summed E-state index contributed by atoms with van der Waals surface area (Å²) in [6, 6.07) is 6.60. The molecule has 1 heterocycles. The van der Waals surface area contributed by atoms with E-state index >= 15 is 0 Å². The van der Waals surface area contributed by atoms with E-state index in [9.17, 15) is 19.3 Å². The van der Waals surface area contributed by atoms with Gasteiger partial charge in [0, 0.05) is 17.3 Å². The molecule has 24 heavy (non-hydrogen) atoms. The summed E-state index contributed by atoms with van der Waals surface area (Å²) in [5.74, 6) is -1.21. The van der Waals surface area contributed by atoms with Crippen LogP contribution in [-0.4, -0.2) is 20.8 Å². The minimum Gasteiger partial charge on any atom is -0.331 e. The van der Waals surface area contributed by atoms with Gasteiger partial charge >= 0.3 is 0 Å². The number of aromatic amines is 2. The number of nitrogens with one attached hydrogen (secondary N) is 3. The quantitative estimate of drug-likeness (QED) is 0.381. The van der Waals surface area contributed by atoms with Crippen LogP contribution in [0.1, 0.15) is 15.9 Å². The molecule has 3 rings (SSSR count). The molecule has 0 aliphatic heterocycles. The fourth-order valence-corrected chi connectivity index (χ4v) is 2.58. The molecule has 2 aromatic carbocycles. The lowest BCUT2D eigenvalue weighted by Crippen LogP contribution is -2.13. The van der Waals surface area contributed by atoms with E-state index in [1.54, 1.807) is 6.92 Å². The van der Waals surface area contributed by atoms with Crippen molar-refractivity contribution in [2.45, 2.75) is 6.92 Å². The van der Waals surface area contributed by atoms with Gasteiger partial charge in [-0.25, -0.2) is 4.39 Å². The molecule has 1 amide bonds. The van der Waals surface area contributed by atoms with Gasteiger partial charge in [0.05, 0.1) is 21.5 Å². The zero-order valence-electron chi connectivity index (χ0n) is 12.3. The summed E-state index contributed by atoms with van der Waals surface area (Å²) in [6.45, 7) is 1.60. The van der Waals surface area contributed by atoms with Crippen LogP contribution in [0.4, 0.5) is 15.8 Å². The summed E-state index contributed by atoms with van der Waals surface area (Å²) in [4.78, 5) is 28.4. The molecule has 122 valence electrons. The van der Waals surface area contributed by atoms with Crippen molar-refractivity contribution in [2.24, 2.45) is 0 Å². The van der Waals surface area contributed by atoms with Crippen molar-refractivity contribution in [3.8, 4) is 0 Å². The summed E-state index contributed by atoms with van der Waals surface area (Å²) in [5.41, 5.74) is 1.36. The average molecular weight is 346 g/mol. The predicted octanol–water partition coefficient (Wildman–Crippen LogP) is 3.83. The van der Waals surface area contributed by atoms with Crippen LogP contribution in [0.2, 0.25) is 0 Å².